The molecule has 1 aromatic rings. The molecule has 0 saturated carbocycles. The van der Waals surface area contributed by atoms with Gasteiger partial charge in [-0.15, -0.1) is 0 Å². The zero-order chi connectivity index (χ0) is 8.27. The quantitative estimate of drug-likeness (QED) is 0.286. The van der Waals surface area contributed by atoms with Crippen molar-refractivity contribution < 1.29 is 39.1 Å². The summed E-state index contributed by atoms with van der Waals surface area (Å²) < 4.78 is 4.46. The first-order valence-corrected chi connectivity index (χ1v) is 3.36. The molecule has 0 N–H and O–H groups in total. The molecule has 0 saturated heterocycles. The van der Waals surface area contributed by atoms with E-state index in [4.69, 9.17) is 12.6 Å². The Hall–Kier alpha value is -0.160. The number of esters is 1. The van der Waals surface area contributed by atoms with E-state index in [0.29, 0.717) is 10.6 Å². The van der Waals surface area contributed by atoms with Gasteiger partial charge in [0.2, 0.25) is 0 Å². The SMILES string of the molecule is COC(=O)c1ccc([S-])nc1.[Na+]. The van der Waals surface area contributed by atoms with Crippen LogP contribution in [-0.2, 0) is 17.4 Å². The normalized spacial score (nSPS) is 8.42. The maximum Gasteiger partial charge on any atom is 1.00 e. The maximum atomic E-state index is 10.8. The number of aromatic nitrogens is 1. The van der Waals surface area contributed by atoms with E-state index in [1.165, 1.54) is 13.3 Å². The number of nitrogens with zero attached hydrogens (tertiary/aromatic N) is 1. The largest absolute Gasteiger partial charge is 1.00 e. The van der Waals surface area contributed by atoms with E-state index in [1.807, 2.05) is 0 Å². The van der Waals surface area contributed by atoms with Crippen LogP contribution in [-0.4, -0.2) is 18.1 Å². The van der Waals surface area contributed by atoms with Gasteiger partial charge < -0.3 is 17.4 Å². The van der Waals surface area contributed by atoms with Crippen molar-refractivity contribution in [3.05, 3.63) is 23.9 Å². The minimum Gasteiger partial charge on any atom is -0.760 e. The van der Waals surface area contributed by atoms with Gasteiger partial charge in [-0.25, -0.2) is 4.79 Å². The molecule has 1 rings (SSSR count). The van der Waals surface area contributed by atoms with Gasteiger partial charge in [0.25, 0.3) is 0 Å². The van der Waals surface area contributed by atoms with E-state index >= 15 is 0 Å². The maximum absolute atomic E-state index is 10.8. The predicted molar refractivity (Wildman–Crippen MR) is 41.2 cm³/mol. The van der Waals surface area contributed by atoms with Crippen LogP contribution in [0.25, 0.3) is 0 Å². The number of carbonyl (C=O) groups is 1. The van der Waals surface area contributed by atoms with Crippen LogP contribution in [0.2, 0.25) is 0 Å². The zero-order valence-electron chi connectivity index (χ0n) is 6.90. The van der Waals surface area contributed by atoms with E-state index < -0.39 is 5.97 Å². The van der Waals surface area contributed by atoms with Gasteiger partial charge in [-0.05, 0) is 6.07 Å². The average Bonchev–Trinajstić information content (AvgIpc) is 2.05. The van der Waals surface area contributed by atoms with Crippen LogP contribution in [0, 0.1) is 0 Å². The molecule has 0 aromatic carbocycles. The van der Waals surface area contributed by atoms with Crippen LogP contribution in [0.1, 0.15) is 10.4 Å². The summed E-state index contributed by atoms with van der Waals surface area (Å²) in [5, 5.41) is 0.470. The third kappa shape index (κ3) is 3.06. The summed E-state index contributed by atoms with van der Waals surface area (Å²) in [6, 6.07) is 3.17. The Kier molecular flexibility index (Phi) is 5.41. The summed E-state index contributed by atoms with van der Waals surface area (Å²) in [7, 11) is 1.32. The van der Waals surface area contributed by atoms with E-state index in [1.54, 1.807) is 12.1 Å². The van der Waals surface area contributed by atoms with Crippen molar-refractivity contribution in [3.63, 3.8) is 0 Å². The predicted octanol–water partition coefficient (Wildman–Crippen LogP) is -2.22. The molecule has 0 bridgehead atoms. The second kappa shape index (κ2) is 5.48. The number of methoxy groups -OCH3 is 1. The van der Waals surface area contributed by atoms with Crippen LogP contribution in [0.4, 0.5) is 0 Å². The van der Waals surface area contributed by atoms with Crippen LogP contribution in [0.3, 0.4) is 0 Å². The molecule has 0 fully saturated rings. The second-order valence-electron chi connectivity index (χ2n) is 1.88. The summed E-state index contributed by atoms with van der Waals surface area (Å²) in [6.45, 7) is 0. The number of rotatable bonds is 1. The van der Waals surface area contributed by atoms with E-state index in [0.717, 1.165) is 0 Å². The van der Waals surface area contributed by atoms with Gasteiger partial charge in [-0.2, -0.15) is 0 Å². The van der Waals surface area contributed by atoms with E-state index in [2.05, 4.69) is 9.72 Å². The average molecular weight is 191 g/mol. The number of hydrogen-bond donors (Lipinski definition) is 0. The van der Waals surface area contributed by atoms with E-state index in [9.17, 15) is 4.79 Å². The van der Waals surface area contributed by atoms with Crippen molar-refractivity contribution in [2.45, 2.75) is 5.03 Å². The van der Waals surface area contributed by atoms with Crippen LogP contribution in [0.5, 0.6) is 0 Å². The molecule has 0 unspecified atom stereocenters. The van der Waals surface area contributed by atoms with Crippen molar-refractivity contribution in [3.8, 4) is 0 Å². The molecule has 3 nitrogen and oxygen atoms in total. The van der Waals surface area contributed by atoms with Gasteiger partial charge >= 0.3 is 35.5 Å². The second-order valence-corrected chi connectivity index (χ2v) is 2.29. The third-order valence-corrected chi connectivity index (χ3v) is 1.40. The van der Waals surface area contributed by atoms with Gasteiger partial charge in [-0.1, -0.05) is 11.1 Å². The number of ether oxygens (including phenoxy) is 1. The molecule has 58 valence electrons. The summed E-state index contributed by atoms with van der Waals surface area (Å²) >= 11 is 4.73. The van der Waals surface area contributed by atoms with Gasteiger partial charge in [0.1, 0.15) is 0 Å². The van der Waals surface area contributed by atoms with Crippen molar-refractivity contribution in [2.75, 3.05) is 7.11 Å². The fraction of sp³-hybridized carbons (Fsp3) is 0.143. The molecule has 12 heavy (non-hydrogen) atoms. The summed E-state index contributed by atoms with van der Waals surface area (Å²) in [5.74, 6) is -0.396. The molecular weight excluding hydrogens is 185 g/mol. The molecule has 0 amide bonds. The Morgan fingerprint density at radius 3 is 2.67 bits per heavy atom. The van der Waals surface area contributed by atoms with Gasteiger partial charge in [0, 0.05) is 6.20 Å². The first-order valence-electron chi connectivity index (χ1n) is 2.95. The smallest absolute Gasteiger partial charge is 0.760 e. The molecule has 0 radical (unpaired) electrons. The fourth-order valence-electron chi connectivity index (χ4n) is 0.619. The summed E-state index contributed by atoms with van der Waals surface area (Å²) in [4.78, 5) is 14.6. The molecule has 0 atom stereocenters. The zero-order valence-corrected chi connectivity index (χ0v) is 9.72. The number of carbonyl (C=O) groups excluding carboxylic acids is 1. The van der Waals surface area contributed by atoms with Crippen molar-refractivity contribution in [1.29, 1.82) is 0 Å². The molecule has 0 aliphatic heterocycles. The Bertz CT molecular complexity index is 263. The first-order chi connectivity index (χ1) is 5.24. The Labute approximate surface area is 98.2 Å². The third-order valence-electron chi connectivity index (χ3n) is 1.16. The van der Waals surface area contributed by atoms with Crippen molar-refractivity contribution in [1.82, 2.24) is 4.98 Å². The number of hydrogen-bond acceptors (Lipinski definition) is 4. The summed E-state index contributed by atoms with van der Waals surface area (Å²) in [5.41, 5.74) is 0.418. The first kappa shape index (κ1) is 11.8. The van der Waals surface area contributed by atoms with E-state index in [-0.39, 0.29) is 29.6 Å². The van der Waals surface area contributed by atoms with Gasteiger partial charge in [-0.3, -0.25) is 4.98 Å². The minimum atomic E-state index is -0.396. The Morgan fingerprint density at radius 1 is 1.58 bits per heavy atom. The molecule has 0 aliphatic carbocycles. The van der Waals surface area contributed by atoms with Crippen LogP contribution < -0.4 is 29.6 Å². The standard InChI is InChI=1S/C7H7NO2S.Na/c1-10-7(9)5-2-3-6(11)8-4-5;/h2-4H,1H3,(H,8,11);/q;+1/p-1. The molecule has 1 aromatic heterocycles. The van der Waals surface area contributed by atoms with Gasteiger partial charge in [0.15, 0.2) is 0 Å². The molecule has 0 aliphatic rings. The fourth-order valence-corrected chi connectivity index (χ4v) is 0.740. The molecule has 0 spiro atoms. The Morgan fingerprint density at radius 2 is 2.25 bits per heavy atom. The Balaban J connectivity index is 0.00000121. The molecule has 1 heterocycles. The topological polar surface area (TPSA) is 39.2 Å². The molecular formula is C7H6NNaO2S. The number of pyridine rings is 1. The van der Waals surface area contributed by atoms with Crippen molar-refractivity contribution in [2.24, 2.45) is 0 Å². The van der Waals surface area contributed by atoms with Gasteiger partial charge in [0.05, 0.1) is 12.7 Å². The minimum absolute atomic E-state index is 0. The summed E-state index contributed by atoms with van der Waals surface area (Å²) in [6.07, 6.45) is 1.40. The molecule has 5 heteroatoms. The van der Waals surface area contributed by atoms with Crippen LogP contribution in [0.15, 0.2) is 23.4 Å². The van der Waals surface area contributed by atoms with Crippen LogP contribution >= 0.6 is 0 Å². The van der Waals surface area contributed by atoms with Crippen molar-refractivity contribution >= 4 is 18.6 Å². The monoisotopic (exact) mass is 191 g/mol.